The number of nitrogens with zero attached hydrogens (tertiary/aromatic N) is 3. The summed E-state index contributed by atoms with van der Waals surface area (Å²) >= 11 is 6.31. The molecular weight excluding hydrogens is 364 g/mol. The molecule has 1 amide bonds. The molecular formula is C16H25ClN4O3S. The molecule has 140 valence electrons. The summed E-state index contributed by atoms with van der Waals surface area (Å²) in [6.07, 6.45) is 5.74. The number of aryl methyl sites for hydroxylation is 2. The van der Waals surface area contributed by atoms with Gasteiger partial charge in [0.05, 0.1) is 11.4 Å². The Hall–Kier alpha value is -1.38. The molecule has 2 heterocycles. The number of halogens is 1. The SMILES string of the molecule is CCCCn1nc(C)c(/C=C/C(=O)NCCN2CCCS2(=O)=O)c1Cl. The van der Waals surface area contributed by atoms with Crippen molar-refractivity contribution in [1.29, 1.82) is 0 Å². The summed E-state index contributed by atoms with van der Waals surface area (Å²) in [5.74, 6) is -0.0888. The van der Waals surface area contributed by atoms with E-state index in [1.807, 2.05) is 6.92 Å². The monoisotopic (exact) mass is 388 g/mol. The number of amides is 1. The number of hydrogen-bond donors (Lipinski definition) is 1. The Morgan fingerprint density at radius 2 is 2.16 bits per heavy atom. The van der Waals surface area contributed by atoms with Crippen LogP contribution in [0, 0.1) is 6.92 Å². The summed E-state index contributed by atoms with van der Waals surface area (Å²) in [5, 5.41) is 7.61. The minimum atomic E-state index is -3.12. The van der Waals surface area contributed by atoms with Gasteiger partial charge >= 0.3 is 0 Å². The van der Waals surface area contributed by atoms with Crippen molar-refractivity contribution in [2.24, 2.45) is 0 Å². The van der Waals surface area contributed by atoms with Crippen LogP contribution in [-0.2, 0) is 21.4 Å². The lowest BCUT2D eigenvalue weighted by atomic mass is 10.2. The number of carbonyl (C=O) groups is 1. The predicted molar refractivity (Wildman–Crippen MR) is 98.9 cm³/mol. The van der Waals surface area contributed by atoms with Crippen molar-refractivity contribution in [2.75, 3.05) is 25.4 Å². The lowest BCUT2D eigenvalue weighted by molar-refractivity contribution is -0.116. The third-order valence-corrected chi connectivity index (χ3v) is 6.45. The Balaban J connectivity index is 1.87. The Kier molecular flexibility index (Phi) is 7.04. The molecule has 1 aliphatic heterocycles. The number of rotatable bonds is 8. The normalized spacial score (nSPS) is 17.4. The quantitative estimate of drug-likeness (QED) is 0.688. The number of aromatic nitrogens is 2. The van der Waals surface area contributed by atoms with Crippen LogP contribution in [0.2, 0.25) is 5.15 Å². The second-order valence-electron chi connectivity index (χ2n) is 6.06. The van der Waals surface area contributed by atoms with E-state index in [9.17, 15) is 13.2 Å². The van der Waals surface area contributed by atoms with Gasteiger partial charge in [0.1, 0.15) is 5.15 Å². The summed E-state index contributed by atoms with van der Waals surface area (Å²) in [5.41, 5.74) is 1.50. The second-order valence-corrected chi connectivity index (χ2v) is 8.51. The Labute approximate surface area is 154 Å². The summed E-state index contributed by atoms with van der Waals surface area (Å²) in [6, 6.07) is 0. The van der Waals surface area contributed by atoms with Crippen molar-refractivity contribution in [2.45, 2.75) is 39.7 Å². The van der Waals surface area contributed by atoms with Crippen LogP contribution < -0.4 is 5.32 Å². The van der Waals surface area contributed by atoms with E-state index in [4.69, 9.17) is 11.6 Å². The molecule has 1 aromatic rings. The highest BCUT2D eigenvalue weighted by Crippen LogP contribution is 2.21. The van der Waals surface area contributed by atoms with Crippen LogP contribution in [-0.4, -0.2) is 53.8 Å². The number of nitrogens with one attached hydrogen (secondary N) is 1. The average molecular weight is 389 g/mol. The molecule has 9 heteroatoms. The molecule has 2 rings (SSSR count). The largest absolute Gasteiger partial charge is 0.351 e. The van der Waals surface area contributed by atoms with E-state index in [1.165, 1.54) is 10.4 Å². The molecule has 0 atom stereocenters. The van der Waals surface area contributed by atoms with Crippen LogP contribution in [0.3, 0.4) is 0 Å². The van der Waals surface area contributed by atoms with Crippen LogP contribution in [0.1, 0.15) is 37.4 Å². The highest BCUT2D eigenvalue weighted by Gasteiger charge is 2.27. The predicted octanol–water partition coefficient (Wildman–Crippen LogP) is 1.81. The number of hydrogen-bond acceptors (Lipinski definition) is 4. The van der Waals surface area contributed by atoms with Crippen LogP contribution in [0.4, 0.5) is 0 Å². The van der Waals surface area contributed by atoms with Gasteiger partial charge in [-0.15, -0.1) is 0 Å². The standard InChI is InChI=1S/C16H25ClN4O3S/c1-3-4-10-21-16(17)14(13(2)19-21)6-7-15(22)18-8-11-20-9-5-12-25(20,23)24/h6-7H,3-5,8-12H2,1-2H3,(H,18,22)/b7-6+. The number of sulfonamides is 1. The van der Waals surface area contributed by atoms with Crippen LogP contribution in [0.5, 0.6) is 0 Å². The van der Waals surface area contributed by atoms with E-state index < -0.39 is 10.0 Å². The van der Waals surface area contributed by atoms with Gasteiger partial charge in [-0.1, -0.05) is 24.9 Å². The maximum Gasteiger partial charge on any atom is 0.244 e. The molecule has 0 unspecified atom stereocenters. The Morgan fingerprint density at radius 1 is 1.40 bits per heavy atom. The molecule has 1 saturated heterocycles. The maximum atomic E-state index is 11.9. The van der Waals surface area contributed by atoms with Crippen molar-refractivity contribution in [3.8, 4) is 0 Å². The molecule has 1 aliphatic rings. The first kappa shape index (κ1) is 19.9. The molecule has 1 fully saturated rings. The van der Waals surface area contributed by atoms with Gasteiger partial charge in [0.15, 0.2) is 0 Å². The van der Waals surface area contributed by atoms with Crippen LogP contribution >= 0.6 is 11.6 Å². The second kappa shape index (κ2) is 8.82. The first-order valence-electron chi connectivity index (χ1n) is 8.51. The Morgan fingerprint density at radius 3 is 2.80 bits per heavy atom. The fourth-order valence-corrected chi connectivity index (χ4v) is 4.53. The first-order chi connectivity index (χ1) is 11.8. The number of unbranched alkanes of at least 4 members (excludes halogenated alkanes) is 1. The van der Waals surface area contributed by atoms with E-state index in [-0.39, 0.29) is 18.2 Å². The summed E-state index contributed by atoms with van der Waals surface area (Å²) in [7, 11) is -3.12. The van der Waals surface area contributed by atoms with Gasteiger partial charge in [-0.05, 0) is 25.8 Å². The van der Waals surface area contributed by atoms with E-state index in [2.05, 4.69) is 17.3 Å². The highest BCUT2D eigenvalue weighted by atomic mass is 35.5. The van der Waals surface area contributed by atoms with Gasteiger partial charge in [0, 0.05) is 37.8 Å². The van der Waals surface area contributed by atoms with E-state index in [1.54, 1.807) is 10.8 Å². The highest BCUT2D eigenvalue weighted by molar-refractivity contribution is 7.89. The minimum Gasteiger partial charge on any atom is -0.351 e. The zero-order valence-electron chi connectivity index (χ0n) is 14.7. The summed E-state index contributed by atoms with van der Waals surface area (Å²) < 4.78 is 26.5. The Bertz CT molecular complexity index is 743. The van der Waals surface area contributed by atoms with Crippen molar-refractivity contribution >= 4 is 33.6 Å². The average Bonchev–Trinajstić information content (AvgIpc) is 3.02. The molecule has 25 heavy (non-hydrogen) atoms. The third-order valence-electron chi connectivity index (χ3n) is 4.10. The van der Waals surface area contributed by atoms with E-state index in [0.717, 1.165) is 30.6 Å². The van der Waals surface area contributed by atoms with Gasteiger partial charge in [-0.3, -0.25) is 9.48 Å². The van der Waals surface area contributed by atoms with Gasteiger partial charge in [-0.25, -0.2) is 12.7 Å². The van der Waals surface area contributed by atoms with Crippen molar-refractivity contribution in [3.05, 3.63) is 22.5 Å². The van der Waals surface area contributed by atoms with Crippen LogP contribution in [0.25, 0.3) is 6.08 Å². The fourth-order valence-electron chi connectivity index (χ4n) is 2.68. The van der Waals surface area contributed by atoms with Gasteiger partial charge in [0.2, 0.25) is 15.9 Å². The lowest BCUT2D eigenvalue weighted by Crippen LogP contribution is -2.35. The molecule has 7 nitrogen and oxygen atoms in total. The smallest absolute Gasteiger partial charge is 0.244 e. The zero-order valence-corrected chi connectivity index (χ0v) is 16.2. The minimum absolute atomic E-state index is 0.195. The topological polar surface area (TPSA) is 84.3 Å². The van der Waals surface area contributed by atoms with Crippen molar-refractivity contribution in [3.63, 3.8) is 0 Å². The summed E-state index contributed by atoms with van der Waals surface area (Å²) in [6.45, 7) is 5.81. The van der Waals surface area contributed by atoms with Gasteiger partial charge in [-0.2, -0.15) is 5.10 Å². The van der Waals surface area contributed by atoms with Crippen LogP contribution in [0.15, 0.2) is 6.08 Å². The van der Waals surface area contributed by atoms with Gasteiger partial charge < -0.3 is 5.32 Å². The zero-order chi connectivity index (χ0) is 18.4. The molecule has 0 spiro atoms. The molecule has 1 aromatic heterocycles. The fraction of sp³-hybridized carbons (Fsp3) is 0.625. The van der Waals surface area contributed by atoms with E-state index in [0.29, 0.717) is 24.7 Å². The molecule has 0 aromatic carbocycles. The molecule has 0 bridgehead atoms. The molecule has 1 N–H and O–H groups in total. The van der Waals surface area contributed by atoms with Crippen molar-refractivity contribution < 1.29 is 13.2 Å². The third kappa shape index (κ3) is 5.29. The first-order valence-corrected chi connectivity index (χ1v) is 10.5. The van der Waals surface area contributed by atoms with Gasteiger partial charge in [0.25, 0.3) is 0 Å². The molecule has 0 aliphatic carbocycles. The molecule has 0 radical (unpaired) electrons. The van der Waals surface area contributed by atoms with E-state index >= 15 is 0 Å². The summed E-state index contributed by atoms with van der Waals surface area (Å²) in [4.78, 5) is 11.9. The van der Waals surface area contributed by atoms with Crippen molar-refractivity contribution in [1.82, 2.24) is 19.4 Å². The lowest BCUT2D eigenvalue weighted by Gasteiger charge is -2.13. The maximum absolute atomic E-state index is 11.9. The number of carbonyl (C=O) groups excluding carboxylic acids is 1. The molecule has 0 saturated carbocycles.